The van der Waals surface area contributed by atoms with Gasteiger partial charge in [0.2, 0.25) is 0 Å². The van der Waals surface area contributed by atoms with E-state index in [1.807, 2.05) is 54.6 Å². The van der Waals surface area contributed by atoms with E-state index in [2.05, 4.69) is 36.4 Å². The molecule has 3 aromatic carbocycles. The second kappa shape index (κ2) is 13.6. The molecule has 2 heterocycles. The molecule has 1 spiro atoms. The van der Waals surface area contributed by atoms with Gasteiger partial charge in [0, 0.05) is 0 Å². The van der Waals surface area contributed by atoms with E-state index in [9.17, 15) is 4.79 Å². The van der Waals surface area contributed by atoms with Crippen LogP contribution < -0.4 is 0 Å². The number of hydrogen-bond donors (Lipinski definition) is 0. The van der Waals surface area contributed by atoms with Crippen molar-refractivity contribution in [2.24, 2.45) is 11.8 Å². The van der Waals surface area contributed by atoms with Crippen molar-refractivity contribution in [2.75, 3.05) is 6.61 Å². The lowest BCUT2D eigenvalue weighted by atomic mass is 9.68. The quantitative estimate of drug-likeness (QED) is 0.257. The second-order valence-electron chi connectivity index (χ2n) is 12.0. The molecular weight excluding hydrogens is 528 g/mol. The summed E-state index contributed by atoms with van der Waals surface area (Å²) >= 11 is 0. The third-order valence-corrected chi connectivity index (χ3v) is 9.10. The summed E-state index contributed by atoms with van der Waals surface area (Å²) in [5, 5.41) is 0. The first-order chi connectivity index (χ1) is 20.6. The van der Waals surface area contributed by atoms with Crippen molar-refractivity contribution >= 4 is 5.78 Å². The van der Waals surface area contributed by atoms with Crippen LogP contribution in [-0.4, -0.2) is 42.6 Å². The number of rotatable bonds is 11. The van der Waals surface area contributed by atoms with Gasteiger partial charge in [-0.1, -0.05) is 110 Å². The average Bonchev–Trinajstić information content (AvgIpc) is 3.33. The Morgan fingerprint density at radius 1 is 0.738 bits per heavy atom. The average molecular weight is 571 g/mol. The molecule has 6 nitrogen and oxygen atoms in total. The minimum absolute atomic E-state index is 0.141. The highest BCUT2D eigenvalue weighted by atomic mass is 16.7. The van der Waals surface area contributed by atoms with Gasteiger partial charge in [-0.3, -0.25) is 4.79 Å². The van der Waals surface area contributed by atoms with E-state index < -0.39 is 30.2 Å². The third kappa shape index (κ3) is 6.53. The maximum Gasteiger partial charge on any atom is 0.165 e. The van der Waals surface area contributed by atoms with E-state index in [1.54, 1.807) is 6.92 Å². The summed E-state index contributed by atoms with van der Waals surface area (Å²) in [6.45, 7) is 3.31. The van der Waals surface area contributed by atoms with Gasteiger partial charge in [-0.05, 0) is 36.5 Å². The molecule has 2 saturated heterocycles. The Bertz CT molecular complexity index is 1260. The lowest BCUT2D eigenvalue weighted by Gasteiger charge is -2.44. The Labute approximate surface area is 249 Å². The summed E-state index contributed by atoms with van der Waals surface area (Å²) in [5.74, 6) is -0.435. The van der Waals surface area contributed by atoms with Crippen molar-refractivity contribution in [2.45, 2.75) is 89.1 Å². The predicted molar refractivity (Wildman–Crippen MR) is 159 cm³/mol. The van der Waals surface area contributed by atoms with Crippen LogP contribution in [0, 0.1) is 11.8 Å². The molecule has 6 heteroatoms. The summed E-state index contributed by atoms with van der Waals surface area (Å²) < 4.78 is 33.3. The first-order valence-electron chi connectivity index (χ1n) is 15.4. The molecule has 0 bridgehead atoms. The van der Waals surface area contributed by atoms with Crippen LogP contribution >= 0.6 is 0 Å². The minimum atomic E-state index is -0.556. The normalized spacial score (nSPS) is 28.4. The number of Topliss-reactive ketones (excluding diaryl/α,β-unsaturated/α-hetero) is 1. The maximum absolute atomic E-state index is 13.4. The molecule has 0 radical (unpaired) electrons. The number of fused-ring (bicyclic) bond motifs is 1. The predicted octanol–water partition coefficient (Wildman–Crippen LogP) is 6.65. The lowest BCUT2D eigenvalue weighted by molar-refractivity contribution is -0.294. The zero-order chi connectivity index (χ0) is 28.8. The fraction of sp³-hybridized carbons (Fsp3) is 0.472. The Morgan fingerprint density at radius 3 is 1.81 bits per heavy atom. The molecule has 2 aliphatic heterocycles. The van der Waals surface area contributed by atoms with Gasteiger partial charge in [-0.15, -0.1) is 0 Å². The molecule has 42 heavy (non-hydrogen) atoms. The smallest absolute Gasteiger partial charge is 0.165 e. The zero-order valence-electron chi connectivity index (χ0n) is 24.4. The van der Waals surface area contributed by atoms with Gasteiger partial charge >= 0.3 is 0 Å². The Morgan fingerprint density at radius 2 is 1.26 bits per heavy atom. The summed E-state index contributed by atoms with van der Waals surface area (Å²) in [7, 11) is 0. The molecule has 6 rings (SSSR count). The maximum atomic E-state index is 13.4. The number of carbonyl (C=O) groups is 1. The van der Waals surface area contributed by atoms with Crippen molar-refractivity contribution in [1.82, 2.24) is 0 Å². The number of benzene rings is 3. The molecule has 0 N–H and O–H groups in total. The second-order valence-corrected chi connectivity index (χ2v) is 12.0. The number of ether oxygens (including phenoxy) is 5. The minimum Gasteiger partial charge on any atom is -0.374 e. The van der Waals surface area contributed by atoms with E-state index >= 15 is 0 Å². The van der Waals surface area contributed by atoms with Crippen LogP contribution in [-0.2, 0) is 48.3 Å². The fourth-order valence-electron chi connectivity index (χ4n) is 7.20. The van der Waals surface area contributed by atoms with Gasteiger partial charge in [0.05, 0.1) is 50.0 Å². The number of carbonyl (C=O) groups excluding carboxylic acids is 1. The summed E-state index contributed by atoms with van der Waals surface area (Å²) in [5.41, 5.74) is 2.72. The zero-order valence-corrected chi connectivity index (χ0v) is 24.4. The fourth-order valence-corrected chi connectivity index (χ4v) is 7.20. The molecular formula is C36H42O6. The summed E-state index contributed by atoms with van der Waals surface area (Å²) in [4.78, 5) is 13.4. The number of ketones is 1. The standard InChI is InChI=1S/C36H42O6/c1-26(37)32-31-34(40-24-29-18-10-4-11-19-29)33(39-23-28-16-8-3-9-17-28)30(25-38-22-27-14-6-2-7-15-27)41-35(31)42-36(32)20-12-5-13-21-36/h2-4,6-11,14-19,30-35H,5,12-13,20-25H2,1H3/t30-,31?,32+,33+,34-,35?/m1/s1. The SMILES string of the molecule is CC(=O)[C@H]1C2C(O[C@H](COCc3ccccc3)[C@H](OCc3ccccc3)[C@@H]2OCc2ccccc2)OC12CCCCC2. The van der Waals surface area contributed by atoms with Crippen LogP contribution in [0.4, 0.5) is 0 Å². The Balaban J connectivity index is 1.31. The largest absolute Gasteiger partial charge is 0.374 e. The highest BCUT2D eigenvalue weighted by Crippen LogP contribution is 2.54. The molecule has 6 atom stereocenters. The van der Waals surface area contributed by atoms with Crippen molar-refractivity contribution < 1.29 is 28.5 Å². The molecule has 1 aliphatic carbocycles. The van der Waals surface area contributed by atoms with Crippen molar-refractivity contribution in [1.29, 1.82) is 0 Å². The molecule has 1 saturated carbocycles. The van der Waals surface area contributed by atoms with Crippen molar-refractivity contribution in [3.05, 3.63) is 108 Å². The van der Waals surface area contributed by atoms with Gasteiger partial charge in [0.1, 0.15) is 18.0 Å². The topological polar surface area (TPSA) is 63.2 Å². The summed E-state index contributed by atoms with van der Waals surface area (Å²) in [6.07, 6.45) is 3.16. The molecule has 0 amide bonds. The third-order valence-electron chi connectivity index (χ3n) is 9.10. The molecule has 2 unspecified atom stereocenters. The van der Waals surface area contributed by atoms with Crippen LogP contribution in [0.5, 0.6) is 0 Å². The number of hydrogen-bond acceptors (Lipinski definition) is 6. The van der Waals surface area contributed by atoms with Crippen LogP contribution in [0.15, 0.2) is 91.0 Å². The van der Waals surface area contributed by atoms with Crippen LogP contribution in [0.2, 0.25) is 0 Å². The van der Waals surface area contributed by atoms with E-state index in [1.165, 1.54) is 6.42 Å². The van der Waals surface area contributed by atoms with Gasteiger partial charge in [-0.2, -0.15) is 0 Å². The van der Waals surface area contributed by atoms with Gasteiger partial charge < -0.3 is 23.7 Å². The molecule has 222 valence electrons. The van der Waals surface area contributed by atoms with E-state index in [-0.39, 0.29) is 17.6 Å². The van der Waals surface area contributed by atoms with Crippen LogP contribution in [0.1, 0.15) is 55.7 Å². The highest BCUT2D eigenvalue weighted by Gasteiger charge is 2.64. The van der Waals surface area contributed by atoms with Gasteiger partial charge in [0.25, 0.3) is 0 Å². The van der Waals surface area contributed by atoms with E-state index in [4.69, 9.17) is 23.7 Å². The first kappa shape index (κ1) is 29.2. The molecule has 0 aromatic heterocycles. The van der Waals surface area contributed by atoms with Crippen LogP contribution in [0.3, 0.4) is 0 Å². The van der Waals surface area contributed by atoms with Gasteiger partial charge in [-0.25, -0.2) is 0 Å². The Kier molecular flexibility index (Phi) is 9.47. The monoisotopic (exact) mass is 570 g/mol. The van der Waals surface area contributed by atoms with E-state index in [0.29, 0.717) is 26.4 Å². The van der Waals surface area contributed by atoms with E-state index in [0.717, 1.165) is 42.4 Å². The van der Waals surface area contributed by atoms with Crippen LogP contribution in [0.25, 0.3) is 0 Å². The molecule has 3 fully saturated rings. The van der Waals surface area contributed by atoms with Gasteiger partial charge in [0.15, 0.2) is 6.29 Å². The van der Waals surface area contributed by atoms with Crippen molar-refractivity contribution in [3.8, 4) is 0 Å². The molecule has 3 aliphatic rings. The molecule has 3 aromatic rings. The Hall–Kier alpha value is -2.87. The first-order valence-corrected chi connectivity index (χ1v) is 15.4. The van der Waals surface area contributed by atoms with Crippen molar-refractivity contribution in [3.63, 3.8) is 0 Å². The lowest BCUT2D eigenvalue weighted by Crippen LogP contribution is -2.58. The summed E-state index contributed by atoms with van der Waals surface area (Å²) in [6, 6.07) is 30.4. The highest BCUT2D eigenvalue weighted by molar-refractivity contribution is 5.80.